The van der Waals surface area contributed by atoms with E-state index in [1.54, 1.807) is 0 Å². The van der Waals surface area contributed by atoms with Gasteiger partial charge in [-0.25, -0.2) is 9.97 Å². The summed E-state index contributed by atoms with van der Waals surface area (Å²) in [5.74, 6) is -0.931. The summed E-state index contributed by atoms with van der Waals surface area (Å²) < 4.78 is 0. The van der Waals surface area contributed by atoms with E-state index >= 15 is 0 Å². The van der Waals surface area contributed by atoms with Gasteiger partial charge in [-0.15, -0.1) is 0 Å². The largest absolute Gasteiger partial charge is 0.362 e. The normalized spacial score (nSPS) is 11.3. The van der Waals surface area contributed by atoms with Crippen LogP contribution in [0.3, 0.4) is 0 Å². The van der Waals surface area contributed by atoms with Gasteiger partial charge < -0.3 is 5.32 Å². The minimum Gasteiger partial charge on any atom is -0.362 e. The van der Waals surface area contributed by atoms with Crippen molar-refractivity contribution < 1.29 is 14.6 Å². The molecule has 2 aromatic rings. The van der Waals surface area contributed by atoms with Gasteiger partial charge in [0.2, 0.25) is 11.6 Å². The molecule has 142 valence electrons. The summed E-state index contributed by atoms with van der Waals surface area (Å²) >= 11 is 0. The van der Waals surface area contributed by atoms with Gasteiger partial charge in [0.1, 0.15) is 6.33 Å². The lowest BCUT2D eigenvalue weighted by atomic mass is 10.2. The summed E-state index contributed by atoms with van der Waals surface area (Å²) in [4.78, 5) is 40.7. The minimum atomic E-state index is -0.719. The second-order valence-corrected chi connectivity index (χ2v) is 5.52. The summed E-state index contributed by atoms with van der Waals surface area (Å²) in [6.07, 6.45) is 1.83. The lowest BCUT2D eigenvalue weighted by molar-refractivity contribution is -0.384. The van der Waals surface area contributed by atoms with E-state index in [2.05, 4.69) is 26.1 Å². The zero-order chi connectivity index (χ0) is 20.0. The Hall–Kier alpha value is -3.83. The highest BCUT2D eigenvalue weighted by molar-refractivity contribution is 5.95. The van der Waals surface area contributed by atoms with Gasteiger partial charge in [0, 0.05) is 23.7 Å². The Bertz CT molecular complexity index is 873. The van der Waals surface area contributed by atoms with Gasteiger partial charge in [0.15, 0.2) is 0 Å². The van der Waals surface area contributed by atoms with E-state index in [4.69, 9.17) is 0 Å². The van der Waals surface area contributed by atoms with Crippen molar-refractivity contribution in [2.75, 3.05) is 10.7 Å². The molecule has 3 N–H and O–H groups in total. The molecule has 0 spiro atoms. The molecule has 0 saturated heterocycles. The quantitative estimate of drug-likeness (QED) is 0.463. The summed E-state index contributed by atoms with van der Waals surface area (Å²) in [6, 6.07) is 4.99. The van der Waals surface area contributed by atoms with Gasteiger partial charge in [-0.05, 0) is 19.4 Å². The number of nitrogens with zero attached hydrogens (tertiary/aromatic N) is 4. The van der Waals surface area contributed by atoms with Crippen LogP contribution in [0.15, 0.2) is 30.6 Å². The van der Waals surface area contributed by atoms with Gasteiger partial charge in [-0.1, -0.05) is 13.0 Å². The number of carbonyl (C=O) groups excluding carboxylic acids is 1. The van der Waals surface area contributed by atoms with Crippen LogP contribution in [0.25, 0.3) is 0 Å². The number of hydrogen-bond donors (Lipinski definition) is 3. The molecule has 1 aromatic carbocycles. The summed E-state index contributed by atoms with van der Waals surface area (Å²) in [5, 5.41) is 25.1. The van der Waals surface area contributed by atoms with Crippen molar-refractivity contribution in [1.29, 1.82) is 0 Å². The van der Waals surface area contributed by atoms with E-state index in [0.29, 0.717) is 6.42 Å². The standard InChI is InChI=1S/C15H17N7O5/c1-3-9(2)18-13-12(22(26)27)14(17-8-16-13)19-20-15(23)10-5-4-6-11(7-10)21(24)25/h4-9H,3H2,1-2H3,(H,20,23)(H2,16,17,18,19). The number of amides is 1. The predicted octanol–water partition coefficient (Wildman–Crippen LogP) is 2.26. The molecule has 1 heterocycles. The molecule has 0 bridgehead atoms. The van der Waals surface area contributed by atoms with Crippen molar-refractivity contribution in [2.45, 2.75) is 26.3 Å². The van der Waals surface area contributed by atoms with E-state index in [9.17, 15) is 25.0 Å². The molecule has 2 rings (SSSR count). The van der Waals surface area contributed by atoms with Crippen LogP contribution < -0.4 is 16.2 Å². The average molecular weight is 375 g/mol. The van der Waals surface area contributed by atoms with Crippen molar-refractivity contribution in [2.24, 2.45) is 0 Å². The summed E-state index contributed by atoms with van der Waals surface area (Å²) in [5.41, 5.74) is 3.93. The Kier molecular flexibility index (Phi) is 6.14. The van der Waals surface area contributed by atoms with E-state index in [-0.39, 0.29) is 28.9 Å². The van der Waals surface area contributed by atoms with E-state index in [1.807, 2.05) is 13.8 Å². The second kappa shape index (κ2) is 8.51. The van der Waals surface area contributed by atoms with Crippen molar-refractivity contribution in [3.63, 3.8) is 0 Å². The molecule has 0 aliphatic rings. The van der Waals surface area contributed by atoms with Gasteiger partial charge in [-0.2, -0.15) is 0 Å². The molecule has 1 amide bonds. The van der Waals surface area contributed by atoms with Crippen LogP contribution in [0.4, 0.5) is 23.0 Å². The Morgan fingerprint density at radius 1 is 1.19 bits per heavy atom. The van der Waals surface area contributed by atoms with Crippen LogP contribution in [0.2, 0.25) is 0 Å². The molecule has 27 heavy (non-hydrogen) atoms. The van der Waals surface area contributed by atoms with Crippen LogP contribution in [0.5, 0.6) is 0 Å². The van der Waals surface area contributed by atoms with Gasteiger partial charge in [-0.3, -0.25) is 35.9 Å². The minimum absolute atomic E-state index is 0.00589. The summed E-state index contributed by atoms with van der Waals surface area (Å²) in [6.45, 7) is 3.74. The topological polar surface area (TPSA) is 165 Å². The zero-order valence-corrected chi connectivity index (χ0v) is 14.5. The molecule has 0 aliphatic carbocycles. The third kappa shape index (κ3) is 4.84. The maximum absolute atomic E-state index is 12.2. The second-order valence-electron chi connectivity index (χ2n) is 5.52. The fourth-order valence-electron chi connectivity index (χ4n) is 2.03. The van der Waals surface area contributed by atoms with Crippen molar-refractivity contribution >= 4 is 28.9 Å². The molecule has 0 aliphatic heterocycles. The molecule has 1 aromatic heterocycles. The first kappa shape index (κ1) is 19.5. The maximum Gasteiger partial charge on any atom is 0.354 e. The van der Waals surface area contributed by atoms with Gasteiger partial charge in [0.05, 0.1) is 9.85 Å². The number of nitrogens with one attached hydrogen (secondary N) is 3. The van der Waals surface area contributed by atoms with Crippen molar-refractivity contribution in [3.8, 4) is 0 Å². The number of non-ortho nitro benzene ring substituents is 1. The molecular formula is C15H17N7O5. The number of nitro benzene ring substituents is 1. The van der Waals surface area contributed by atoms with E-state index < -0.39 is 21.4 Å². The third-order valence-electron chi connectivity index (χ3n) is 3.61. The van der Waals surface area contributed by atoms with E-state index in [0.717, 1.165) is 12.4 Å². The Labute approximate surface area is 153 Å². The monoisotopic (exact) mass is 375 g/mol. The molecule has 0 fully saturated rings. The predicted molar refractivity (Wildman–Crippen MR) is 96.2 cm³/mol. The molecule has 1 atom stereocenters. The third-order valence-corrected chi connectivity index (χ3v) is 3.61. The number of benzene rings is 1. The maximum atomic E-state index is 12.2. The highest BCUT2D eigenvalue weighted by Crippen LogP contribution is 2.29. The van der Waals surface area contributed by atoms with E-state index in [1.165, 1.54) is 18.2 Å². The number of carbonyl (C=O) groups is 1. The molecule has 12 nitrogen and oxygen atoms in total. The van der Waals surface area contributed by atoms with Crippen LogP contribution in [-0.4, -0.2) is 31.8 Å². The van der Waals surface area contributed by atoms with Crippen LogP contribution in [0.1, 0.15) is 30.6 Å². The van der Waals surface area contributed by atoms with Crippen molar-refractivity contribution in [1.82, 2.24) is 15.4 Å². The first-order chi connectivity index (χ1) is 12.8. The number of hydrogen-bond acceptors (Lipinski definition) is 9. The van der Waals surface area contributed by atoms with Crippen LogP contribution in [0, 0.1) is 20.2 Å². The van der Waals surface area contributed by atoms with Crippen LogP contribution in [-0.2, 0) is 0 Å². The fourth-order valence-corrected chi connectivity index (χ4v) is 2.03. The number of hydrazine groups is 1. The molecule has 1 unspecified atom stereocenters. The average Bonchev–Trinajstić information content (AvgIpc) is 2.65. The first-order valence-corrected chi connectivity index (χ1v) is 7.90. The number of anilines is 2. The number of aromatic nitrogens is 2. The SMILES string of the molecule is CCC(C)Nc1ncnc(NNC(=O)c2cccc([N+](=O)[O-])c2)c1[N+](=O)[O-]. The molecule has 0 saturated carbocycles. The highest BCUT2D eigenvalue weighted by Gasteiger charge is 2.24. The Morgan fingerprint density at radius 3 is 2.52 bits per heavy atom. The highest BCUT2D eigenvalue weighted by atomic mass is 16.6. The lowest BCUT2D eigenvalue weighted by Gasteiger charge is -2.14. The number of rotatable bonds is 8. The molecular weight excluding hydrogens is 358 g/mol. The Balaban J connectivity index is 2.21. The smallest absolute Gasteiger partial charge is 0.354 e. The fraction of sp³-hybridized carbons (Fsp3) is 0.267. The van der Waals surface area contributed by atoms with Gasteiger partial charge in [0.25, 0.3) is 11.6 Å². The first-order valence-electron chi connectivity index (χ1n) is 7.90. The van der Waals surface area contributed by atoms with Crippen molar-refractivity contribution in [3.05, 3.63) is 56.4 Å². The Morgan fingerprint density at radius 2 is 1.89 bits per heavy atom. The summed E-state index contributed by atoms with van der Waals surface area (Å²) in [7, 11) is 0. The molecule has 0 radical (unpaired) electrons. The van der Waals surface area contributed by atoms with Gasteiger partial charge >= 0.3 is 5.69 Å². The lowest BCUT2D eigenvalue weighted by Crippen LogP contribution is -2.30. The molecule has 12 heteroatoms. The zero-order valence-electron chi connectivity index (χ0n) is 14.5. The van der Waals surface area contributed by atoms with Crippen LogP contribution >= 0.6 is 0 Å². The number of nitro groups is 2.